The number of rotatable bonds is 5. The van der Waals surface area contributed by atoms with E-state index in [1.807, 2.05) is 13.0 Å². The molecule has 1 N–H and O–H groups in total. The average Bonchev–Trinajstić information content (AvgIpc) is 2.47. The molecule has 2 rings (SSSR count). The van der Waals surface area contributed by atoms with Crippen molar-refractivity contribution in [1.29, 1.82) is 0 Å². The van der Waals surface area contributed by atoms with Gasteiger partial charge in [-0.25, -0.2) is 14.8 Å². The van der Waals surface area contributed by atoms with Crippen molar-refractivity contribution in [3.8, 4) is 0 Å². The number of carbonyl (C=O) groups is 1. The van der Waals surface area contributed by atoms with E-state index in [1.165, 1.54) is 13.5 Å². The first-order valence-electron chi connectivity index (χ1n) is 6.98. The molecule has 1 aromatic heterocycles. The van der Waals surface area contributed by atoms with Gasteiger partial charge in [-0.05, 0) is 32.6 Å². The fraction of sp³-hybridized carbons (Fsp3) is 0.643. The molecule has 1 aliphatic heterocycles. The monoisotopic (exact) mass is 279 g/mol. The Morgan fingerprint density at radius 1 is 1.50 bits per heavy atom. The van der Waals surface area contributed by atoms with Crippen LogP contribution in [0.2, 0.25) is 0 Å². The van der Waals surface area contributed by atoms with Gasteiger partial charge in [-0.15, -0.1) is 0 Å². The lowest BCUT2D eigenvalue weighted by atomic mass is 10.1. The lowest BCUT2D eigenvalue weighted by molar-refractivity contribution is 0.0134. The molecule has 6 nitrogen and oxygen atoms in total. The highest BCUT2D eigenvalue weighted by atomic mass is 16.5. The van der Waals surface area contributed by atoms with Crippen molar-refractivity contribution >= 4 is 11.8 Å². The van der Waals surface area contributed by atoms with Gasteiger partial charge in [0.1, 0.15) is 5.82 Å². The SMILES string of the molecule is COC(=O)c1nc(C)cc(NCCC2CCCCO2)n1. The molecule has 20 heavy (non-hydrogen) atoms. The molecule has 0 aliphatic carbocycles. The number of methoxy groups -OCH3 is 1. The van der Waals surface area contributed by atoms with E-state index in [0.29, 0.717) is 11.9 Å². The van der Waals surface area contributed by atoms with Crippen LogP contribution in [0.3, 0.4) is 0 Å². The minimum Gasteiger partial charge on any atom is -0.463 e. The van der Waals surface area contributed by atoms with E-state index in [2.05, 4.69) is 20.0 Å². The Kier molecular flexibility index (Phi) is 5.29. The number of hydrogen-bond acceptors (Lipinski definition) is 6. The van der Waals surface area contributed by atoms with Gasteiger partial charge in [0, 0.05) is 24.9 Å². The average molecular weight is 279 g/mol. The van der Waals surface area contributed by atoms with E-state index in [0.717, 1.165) is 38.1 Å². The Morgan fingerprint density at radius 2 is 2.35 bits per heavy atom. The maximum Gasteiger partial charge on any atom is 0.376 e. The van der Waals surface area contributed by atoms with Crippen LogP contribution in [0.1, 0.15) is 42.0 Å². The van der Waals surface area contributed by atoms with Crippen LogP contribution in [0.25, 0.3) is 0 Å². The zero-order valence-corrected chi connectivity index (χ0v) is 12.0. The molecule has 0 radical (unpaired) electrons. The Morgan fingerprint density at radius 3 is 3.05 bits per heavy atom. The van der Waals surface area contributed by atoms with E-state index in [1.54, 1.807) is 0 Å². The van der Waals surface area contributed by atoms with Crippen LogP contribution in [-0.2, 0) is 9.47 Å². The molecule has 6 heteroatoms. The van der Waals surface area contributed by atoms with Crippen LogP contribution in [0.4, 0.5) is 5.82 Å². The third-order valence-corrected chi connectivity index (χ3v) is 3.27. The standard InChI is InChI=1S/C14H21N3O3/c1-10-9-12(17-13(16-10)14(18)19-2)15-7-6-11-5-3-4-8-20-11/h9,11H,3-8H2,1-2H3,(H,15,16,17). The Labute approximate surface area is 118 Å². The van der Waals surface area contributed by atoms with Gasteiger partial charge < -0.3 is 14.8 Å². The van der Waals surface area contributed by atoms with E-state index in [-0.39, 0.29) is 5.82 Å². The first-order chi connectivity index (χ1) is 9.69. The first-order valence-corrected chi connectivity index (χ1v) is 6.98. The number of carbonyl (C=O) groups excluding carboxylic acids is 1. The van der Waals surface area contributed by atoms with Crippen molar-refractivity contribution in [3.63, 3.8) is 0 Å². The molecule has 1 unspecified atom stereocenters. The fourth-order valence-corrected chi connectivity index (χ4v) is 2.24. The van der Waals surface area contributed by atoms with Gasteiger partial charge in [-0.3, -0.25) is 0 Å². The Balaban J connectivity index is 1.88. The molecule has 0 spiro atoms. The third kappa shape index (κ3) is 4.16. The summed E-state index contributed by atoms with van der Waals surface area (Å²) in [7, 11) is 1.32. The van der Waals surface area contributed by atoms with Crippen molar-refractivity contribution in [2.24, 2.45) is 0 Å². The predicted octanol–water partition coefficient (Wildman–Crippen LogP) is 1.94. The van der Waals surface area contributed by atoms with Gasteiger partial charge >= 0.3 is 5.97 Å². The molecule has 110 valence electrons. The van der Waals surface area contributed by atoms with E-state index >= 15 is 0 Å². The maximum absolute atomic E-state index is 11.4. The van der Waals surface area contributed by atoms with Gasteiger partial charge in [-0.2, -0.15) is 0 Å². The van der Waals surface area contributed by atoms with Crippen molar-refractivity contribution in [2.45, 2.75) is 38.7 Å². The summed E-state index contributed by atoms with van der Waals surface area (Å²) < 4.78 is 10.3. The molecule has 1 aliphatic rings. The number of ether oxygens (including phenoxy) is 2. The fourth-order valence-electron chi connectivity index (χ4n) is 2.24. The van der Waals surface area contributed by atoms with E-state index in [4.69, 9.17) is 4.74 Å². The molecule has 1 saturated heterocycles. The summed E-state index contributed by atoms with van der Waals surface area (Å²) >= 11 is 0. The summed E-state index contributed by atoms with van der Waals surface area (Å²) in [5, 5.41) is 3.21. The Hall–Kier alpha value is -1.69. The topological polar surface area (TPSA) is 73.3 Å². The smallest absolute Gasteiger partial charge is 0.376 e. The van der Waals surface area contributed by atoms with Crippen molar-refractivity contribution in [2.75, 3.05) is 25.6 Å². The summed E-state index contributed by atoms with van der Waals surface area (Å²) in [6.45, 7) is 3.45. The second-order valence-electron chi connectivity index (χ2n) is 4.91. The zero-order valence-electron chi connectivity index (χ0n) is 12.0. The highest BCUT2D eigenvalue weighted by Crippen LogP contribution is 2.16. The van der Waals surface area contributed by atoms with Crippen LogP contribution in [-0.4, -0.2) is 42.3 Å². The van der Waals surface area contributed by atoms with Crippen LogP contribution in [0, 0.1) is 6.92 Å². The summed E-state index contributed by atoms with van der Waals surface area (Å²) in [5.74, 6) is 0.213. The summed E-state index contributed by atoms with van der Waals surface area (Å²) in [5.41, 5.74) is 0.733. The normalized spacial score (nSPS) is 18.6. The molecule has 0 aromatic carbocycles. The molecule has 2 heterocycles. The van der Waals surface area contributed by atoms with Crippen LogP contribution >= 0.6 is 0 Å². The van der Waals surface area contributed by atoms with Crippen molar-refractivity contribution in [1.82, 2.24) is 9.97 Å². The third-order valence-electron chi connectivity index (χ3n) is 3.27. The maximum atomic E-state index is 11.4. The number of anilines is 1. The van der Waals surface area contributed by atoms with Crippen LogP contribution < -0.4 is 5.32 Å². The number of aromatic nitrogens is 2. The number of esters is 1. The van der Waals surface area contributed by atoms with E-state index < -0.39 is 5.97 Å². The quantitative estimate of drug-likeness (QED) is 0.830. The molecule has 1 atom stereocenters. The van der Waals surface area contributed by atoms with Gasteiger partial charge in [-0.1, -0.05) is 0 Å². The molecular formula is C14H21N3O3. The molecular weight excluding hydrogens is 258 g/mol. The molecule has 1 aromatic rings. The molecule has 0 amide bonds. The van der Waals surface area contributed by atoms with Crippen LogP contribution in [0.5, 0.6) is 0 Å². The first kappa shape index (κ1) is 14.7. The Bertz CT molecular complexity index is 459. The highest BCUT2D eigenvalue weighted by molar-refractivity contribution is 5.85. The largest absolute Gasteiger partial charge is 0.463 e. The van der Waals surface area contributed by atoms with Crippen molar-refractivity contribution in [3.05, 3.63) is 17.6 Å². The second-order valence-corrected chi connectivity index (χ2v) is 4.91. The molecule has 0 saturated carbocycles. The second kappa shape index (κ2) is 7.19. The zero-order chi connectivity index (χ0) is 14.4. The predicted molar refractivity (Wildman–Crippen MR) is 74.8 cm³/mol. The molecule has 1 fully saturated rings. The number of aryl methyl sites for hydroxylation is 1. The lowest BCUT2D eigenvalue weighted by Crippen LogP contribution is -2.22. The number of nitrogens with zero attached hydrogens (tertiary/aromatic N) is 2. The minimum absolute atomic E-state index is 0.0870. The number of nitrogens with one attached hydrogen (secondary N) is 1. The number of hydrogen-bond donors (Lipinski definition) is 1. The molecule has 0 bridgehead atoms. The summed E-state index contributed by atoms with van der Waals surface area (Å²) in [4.78, 5) is 19.6. The van der Waals surface area contributed by atoms with Gasteiger partial charge in [0.05, 0.1) is 13.2 Å². The van der Waals surface area contributed by atoms with Crippen LogP contribution in [0.15, 0.2) is 6.07 Å². The van der Waals surface area contributed by atoms with Crippen molar-refractivity contribution < 1.29 is 14.3 Å². The summed E-state index contributed by atoms with van der Waals surface area (Å²) in [6, 6.07) is 1.81. The summed E-state index contributed by atoms with van der Waals surface area (Å²) in [6.07, 6.45) is 4.80. The van der Waals surface area contributed by atoms with Gasteiger partial charge in [0.15, 0.2) is 0 Å². The van der Waals surface area contributed by atoms with Gasteiger partial charge in [0.25, 0.3) is 0 Å². The highest BCUT2D eigenvalue weighted by Gasteiger charge is 2.14. The minimum atomic E-state index is -0.521. The van der Waals surface area contributed by atoms with E-state index in [9.17, 15) is 4.79 Å². The van der Waals surface area contributed by atoms with Gasteiger partial charge in [0.2, 0.25) is 5.82 Å². The lowest BCUT2D eigenvalue weighted by Gasteiger charge is -2.22.